The van der Waals surface area contributed by atoms with Crippen LogP contribution in [0.25, 0.3) is 10.1 Å². The van der Waals surface area contributed by atoms with Crippen molar-refractivity contribution >= 4 is 27.3 Å². The van der Waals surface area contributed by atoms with E-state index < -0.39 is 0 Å². The minimum absolute atomic E-state index is 0.165. The molecule has 5 rings (SSSR count). The van der Waals surface area contributed by atoms with Gasteiger partial charge in [0, 0.05) is 42.6 Å². The number of carbonyl (C=O) groups excluding carboxylic acids is 1. The van der Waals surface area contributed by atoms with E-state index in [2.05, 4.69) is 61.0 Å². The van der Waals surface area contributed by atoms with Crippen LogP contribution < -0.4 is 0 Å². The monoisotopic (exact) mass is 443 g/mol. The average molecular weight is 444 g/mol. The standard InChI is InChI=1S/C27H29N3OS/c1-19(2)21-9-7-20(8-10-21)18-30-16-13-28-26(30)22-11-14-29(15-12-22)27(31)25-17-23-5-3-4-6-24(23)32-25/h3-10,13,16-17,19,22H,11-12,14-15,18H2,1-2H3. The Morgan fingerprint density at radius 3 is 2.56 bits per heavy atom. The van der Waals surface area contributed by atoms with Crippen LogP contribution in [0, 0.1) is 0 Å². The van der Waals surface area contributed by atoms with Crippen LogP contribution in [0.5, 0.6) is 0 Å². The first-order valence-electron chi connectivity index (χ1n) is 11.5. The van der Waals surface area contributed by atoms with E-state index in [1.807, 2.05) is 29.3 Å². The van der Waals surface area contributed by atoms with Crippen molar-refractivity contribution < 1.29 is 4.79 Å². The summed E-state index contributed by atoms with van der Waals surface area (Å²) in [6.07, 6.45) is 5.91. The van der Waals surface area contributed by atoms with Crippen LogP contribution in [-0.4, -0.2) is 33.4 Å². The lowest BCUT2D eigenvalue weighted by Gasteiger charge is -2.31. The third kappa shape index (κ3) is 4.22. The van der Waals surface area contributed by atoms with Crippen molar-refractivity contribution in [3.63, 3.8) is 0 Å². The highest BCUT2D eigenvalue weighted by Gasteiger charge is 2.27. The number of aromatic nitrogens is 2. The van der Waals surface area contributed by atoms with Gasteiger partial charge in [-0.25, -0.2) is 4.98 Å². The summed E-state index contributed by atoms with van der Waals surface area (Å²) in [5, 5.41) is 1.15. The molecule has 0 bridgehead atoms. The lowest BCUT2D eigenvalue weighted by molar-refractivity contribution is 0.0715. The van der Waals surface area contributed by atoms with Crippen LogP contribution in [0.15, 0.2) is 67.0 Å². The van der Waals surface area contributed by atoms with Gasteiger partial charge < -0.3 is 9.47 Å². The van der Waals surface area contributed by atoms with Gasteiger partial charge in [0.15, 0.2) is 0 Å². The predicted octanol–water partition coefficient (Wildman–Crippen LogP) is 6.29. The smallest absolute Gasteiger partial charge is 0.263 e. The Balaban J connectivity index is 1.24. The predicted molar refractivity (Wildman–Crippen MR) is 132 cm³/mol. The summed E-state index contributed by atoms with van der Waals surface area (Å²) in [6, 6.07) is 19.2. The fraction of sp³-hybridized carbons (Fsp3) is 0.333. The highest BCUT2D eigenvalue weighted by atomic mass is 32.1. The minimum Gasteiger partial charge on any atom is -0.338 e. The number of hydrogen-bond acceptors (Lipinski definition) is 3. The Morgan fingerprint density at radius 1 is 1.09 bits per heavy atom. The molecule has 5 heteroatoms. The second kappa shape index (κ2) is 8.91. The lowest BCUT2D eigenvalue weighted by atomic mass is 9.95. The van der Waals surface area contributed by atoms with Crippen LogP contribution in [-0.2, 0) is 6.54 Å². The number of likely N-dealkylation sites (tertiary alicyclic amines) is 1. The fourth-order valence-corrected chi connectivity index (χ4v) is 5.63. The van der Waals surface area contributed by atoms with Gasteiger partial charge in [-0.2, -0.15) is 0 Å². The molecule has 1 aliphatic rings. The molecular formula is C27H29N3OS. The van der Waals surface area contributed by atoms with E-state index in [4.69, 9.17) is 4.98 Å². The topological polar surface area (TPSA) is 38.1 Å². The summed E-state index contributed by atoms with van der Waals surface area (Å²) in [7, 11) is 0. The fourth-order valence-electron chi connectivity index (χ4n) is 4.60. The first-order chi connectivity index (χ1) is 15.6. The Hall–Kier alpha value is -2.92. The molecule has 0 unspecified atom stereocenters. The highest BCUT2D eigenvalue weighted by molar-refractivity contribution is 7.20. The maximum Gasteiger partial charge on any atom is 0.263 e. The molecule has 164 valence electrons. The molecule has 0 saturated carbocycles. The van der Waals surface area contributed by atoms with Gasteiger partial charge >= 0.3 is 0 Å². The molecular weight excluding hydrogens is 414 g/mol. The number of benzene rings is 2. The Morgan fingerprint density at radius 2 is 1.84 bits per heavy atom. The van der Waals surface area contributed by atoms with Gasteiger partial charge in [0.25, 0.3) is 5.91 Å². The number of imidazole rings is 1. The summed E-state index contributed by atoms with van der Waals surface area (Å²) < 4.78 is 3.45. The summed E-state index contributed by atoms with van der Waals surface area (Å²) in [4.78, 5) is 20.6. The van der Waals surface area contributed by atoms with Crippen molar-refractivity contribution in [1.29, 1.82) is 0 Å². The Kier molecular flexibility index (Phi) is 5.83. The molecule has 0 spiro atoms. The number of carbonyl (C=O) groups is 1. The zero-order chi connectivity index (χ0) is 22.1. The third-order valence-corrected chi connectivity index (χ3v) is 7.63. The van der Waals surface area contributed by atoms with E-state index in [1.54, 1.807) is 11.3 Å². The van der Waals surface area contributed by atoms with E-state index >= 15 is 0 Å². The number of rotatable bonds is 5. The molecule has 1 saturated heterocycles. The second-order valence-corrected chi connectivity index (χ2v) is 10.1. The molecule has 4 nitrogen and oxygen atoms in total. The van der Waals surface area contributed by atoms with Crippen molar-refractivity contribution in [2.75, 3.05) is 13.1 Å². The molecule has 32 heavy (non-hydrogen) atoms. The van der Waals surface area contributed by atoms with Crippen LogP contribution in [0.2, 0.25) is 0 Å². The van der Waals surface area contributed by atoms with Crippen molar-refractivity contribution in [2.24, 2.45) is 0 Å². The third-order valence-electron chi connectivity index (χ3n) is 6.53. The van der Waals surface area contributed by atoms with E-state index in [9.17, 15) is 4.79 Å². The Labute approximate surface area is 193 Å². The SMILES string of the molecule is CC(C)c1ccc(Cn2ccnc2C2CCN(C(=O)c3cc4ccccc4s3)CC2)cc1. The summed E-state index contributed by atoms with van der Waals surface area (Å²) in [5.41, 5.74) is 2.67. The summed E-state index contributed by atoms with van der Waals surface area (Å²) in [6.45, 7) is 6.86. The van der Waals surface area contributed by atoms with Gasteiger partial charge in [-0.05, 0) is 47.4 Å². The Bertz CT molecular complexity index is 1180. The zero-order valence-corrected chi connectivity index (χ0v) is 19.5. The van der Waals surface area contributed by atoms with Crippen molar-refractivity contribution in [1.82, 2.24) is 14.5 Å². The number of fused-ring (bicyclic) bond motifs is 1. The molecule has 1 aliphatic heterocycles. The lowest BCUT2D eigenvalue weighted by Crippen LogP contribution is -2.38. The van der Waals surface area contributed by atoms with Crippen molar-refractivity contribution in [3.8, 4) is 0 Å². The molecule has 0 aliphatic carbocycles. The van der Waals surface area contributed by atoms with Crippen molar-refractivity contribution in [3.05, 3.63) is 88.8 Å². The van der Waals surface area contributed by atoms with Crippen LogP contribution >= 0.6 is 11.3 Å². The molecule has 4 aromatic rings. The van der Waals surface area contributed by atoms with Crippen molar-refractivity contribution in [2.45, 2.75) is 45.1 Å². The van der Waals surface area contributed by atoms with Gasteiger partial charge in [0.05, 0.1) is 4.88 Å². The number of thiophene rings is 1. The average Bonchev–Trinajstić information content (AvgIpc) is 3.46. The van der Waals surface area contributed by atoms with E-state index in [1.165, 1.54) is 15.8 Å². The summed E-state index contributed by atoms with van der Waals surface area (Å²) >= 11 is 1.60. The number of amides is 1. The molecule has 0 radical (unpaired) electrons. The molecule has 0 atom stereocenters. The van der Waals surface area contributed by atoms with Gasteiger partial charge in [0.1, 0.15) is 5.82 Å². The molecule has 1 fully saturated rings. The van der Waals surface area contributed by atoms with E-state index in [0.29, 0.717) is 11.8 Å². The second-order valence-electron chi connectivity index (χ2n) is 9.02. The van der Waals surface area contributed by atoms with Gasteiger partial charge in [-0.3, -0.25) is 4.79 Å². The molecule has 2 aromatic carbocycles. The number of nitrogens with zero attached hydrogens (tertiary/aromatic N) is 3. The molecule has 0 N–H and O–H groups in total. The number of hydrogen-bond donors (Lipinski definition) is 0. The van der Waals surface area contributed by atoms with E-state index in [0.717, 1.165) is 48.6 Å². The summed E-state index contributed by atoms with van der Waals surface area (Å²) in [5.74, 6) is 2.25. The first-order valence-corrected chi connectivity index (χ1v) is 12.3. The minimum atomic E-state index is 0.165. The highest BCUT2D eigenvalue weighted by Crippen LogP contribution is 2.31. The van der Waals surface area contributed by atoms with E-state index in [-0.39, 0.29) is 5.91 Å². The zero-order valence-electron chi connectivity index (χ0n) is 18.7. The van der Waals surface area contributed by atoms with Crippen LogP contribution in [0.1, 0.15) is 65.1 Å². The van der Waals surface area contributed by atoms with Gasteiger partial charge in [0.2, 0.25) is 0 Å². The largest absolute Gasteiger partial charge is 0.338 e. The van der Waals surface area contributed by atoms with Gasteiger partial charge in [-0.15, -0.1) is 11.3 Å². The maximum atomic E-state index is 13.1. The quantitative estimate of drug-likeness (QED) is 0.364. The maximum absolute atomic E-state index is 13.1. The molecule has 1 amide bonds. The number of piperidine rings is 1. The molecule has 3 heterocycles. The first kappa shape index (κ1) is 21.0. The van der Waals surface area contributed by atoms with Crippen LogP contribution in [0.4, 0.5) is 0 Å². The van der Waals surface area contributed by atoms with Crippen LogP contribution in [0.3, 0.4) is 0 Å². The normalized spacial score (nSPS) is 15.0. The molecule has 2 aromatic heterocycles. The van der Waals surface area contributed by atoms with Gasteiger partial charge in [-0.1, -0.05) is 56.3 Å².